The van der Waals surface area contributed by atoms with Gasteiger partial charge >= 0.3 is 0 Å². The molecule has 19 heteroatoms. The molecule has 5 N–H and O–H groups in total. The number of benzene rings is 4. The van der Waals surface area contributed by atoms with Crippen molar-refractivity contribution in [2.75, 3.05) is 69.5 Å². The summed E-state index contributed by atoms with van der Waals surface area (Å²) in [6.45, 7) is 4.60. The number of piperidine rings is 2. The average molecular weight is 991 g/mol. The molecule has 0 aliphatic carbocycles. The number of methoxy groups -OCH3 is 1. The van der Waals surface area contributed by atoms with Crippen LogP contribution in [0, 0.1) is 0 Å². The molecule has 2 aliphatic rings. The molecule has 2 aromatic heterocycles. The topological polar surface area (TPSA) is 213 Å². The molecular weight excluding hydrogens is 929 g/mol. The Morgan fingerprint density at radius 2 is 1.26 bits per heavy atom. The van der Waals surface area contributed by atoms with Crippen LogP contribution in [0.25, 0.3) is 22.5 Å². The Hall–Kier alpha value is -6.22. The van der Waals surface area contributed by atoms with E-state index in [1.165, 1.54) is 19.6 Å². The number of sulfonamides is 2. The van der Waals surface area contributed by atoms with Crippen LogP contribution in [0.5, 0.6) is 23.0 Å². The zero-order valence-electron chi connectivity index (χ0n) is 39.8. The molecule has 70 heavy (non-hydrogen) atoms. The van der Waals surface area contributed by atoms with Gasteiger partial charge in [0, 0.05) is 68.7 Å². The van der Waals surface area contributed by atoms with Crippen LogP contribution in [0.1, 0.15) is 47.9 Å². The Morgan fingerprint density at radius 1 is 0.671 bits per heavy atom. The standard InChI is InChI=1S/C51H62N10O7S2/c1-67-47-30-37(16-19-46(47)62)21-26-55-51-57-33-48(49(59-51)41-11-5-9-39(29-41)35-61(70(3,65)66)43-13-7-24-53-32-43)68-44-17-14-36(15-18-44)20-25-54-50-56-27-22-45(58-50)40-10-4-8-38(28-40)34-60(69(2,63)64)42-12-6-23-52-31-42/h4-5,8-11,14-19,22,27-30,33,42-43,52-53,62H,6-7,12-13,20-21,23-26,31-32,34-35H2,1-3H3,(H,54,56,58)(H,55,57,59). The van der Waals surface area contributed by atoms with Gasteiger partial charge in [-0.25, -0.2) is 36.8 Å². The van der Waals surface area contributed by atoms with E-state index in [2.05, 4.69) is 31.2 Å². The van der Waals surface area contributed by atoms with Gasteiger partial charge in [0.25, 0.3) is 0 Å². The van der Waals surface area contributed by atoms with E-state index in [4.69, 9.17) is 19.4 Å². The lowest BCUT2D eigenvalue weighted by molar-refractivity contribution is 0.261. The number of phenols is 1. The van der Waals surface area contributed by atoms with Gasteiger partial charge in [-0.1, -0.05) is 54.6 Å². The molecule has 0 bridgehead atoms. The van der Waals surface area contributed by atoms with Gasteiger partial charge in [-0.2, -0.15) is 8.61 Å². The molecule has 0 amide bonds. The highest BCUT2D eigenvalue weighted by molar-refractivity contribution is 7.88. The van der Waals surface area contributed by atoms with E-state index in [1.807, 2.05) is 84.9 Å². The number of nitrogens with zero attached hydrogens (tertiary/aromatic N) is 6. The molecule has 4 heterocycles. The molecule has 0 radical (unpaired) electrons. The van der Waals surface area contributed by atoms with Crippen LogP contribution in [0.2, 0.25) is 0 Å². The Morgan fingerprint density at radius 3 is 1.86 bits per heavy atom. The number of aromatic nitrogens is 4. The van der Waals surface area contributed by atoms with Crippen molar-refractivity contribution in [2.45, 2.75) is 63.7 Å². The SMILES string of the molecule is COc1cc(CCNc2ncc(Oc3ccc(CCNc4nccc(-c5cccc(CN(C6CCCNC6)S(C)(=O)=O)c5)n4)cc3)c(-c3cccc(CN(C4CCCNC4)S(C)(=O)=O)c3)n2)ccc1O. The van der Waals surface area contributed by atoms with Gasteiger partial charge in [-0.05, 0) is 116 Å². The number of phenolic OH excluding ortho intramolecular Hbond substituents is 1. The fourth-order valence-corrected chi connectivity index (χ4v) is 11.1. The number of rotatable bonds is 21. The maximum absolute atomic E-state index is 13.1. The van der Waals surface area contributed by atoms with Crippen LogP contribution in [-0.2, 0) is 46.0 Å². The molecule has 4 aromatic carbocycles. The van der Waals surface area contributed by atoms with Gasteiger partial charge in [0.15, 0.2) is 17.2 Å². The van der Waals surface area contributed by atoms with Crippen molar-refractivity contribution in [1.29, 1.82) is 0 Å². The smallest absolute Gasteiger partial charge is 0.223 e. The number of hydrogen-bond acceptors (Lipinski definition) is 15. The van der Waals surface area contributed by atoms with Gasteiger partial charge in [0.1, 0.15) is 11.4 Å². The largest absolute Gasteiger partial charge is 0.504 e. The van der Waals surface area contributed by atoms with Gasteiger partial charge < -0.3 is 35.8 Å². The lowest BCUT2D eigenvalue weighted by atomic mass is 10.0. The summed E-state index contributed by atoms with van der Waals surface area (Å²) in [5.41, 5.74) is 6.61. The highest BCUT2D eigenvalue weighted by atomic mass is 32.2. The van der Waals surface area contributed by atoms with Crippen molar-refractivity contribution in [2.24, 2.45) is 0 Å². The Balaban J connectivity index is 0.938. The summed E-state index contributed by atoms with van der Waals surface area (Å²) < 4.78 is 66.7. The van der Waals surface area contributed by atoms with Crippen molar-refractivity contribution in [1.82, 2.24) is 39.2 Å². The van der Waals surface area contributed by atoms with Crippen molar-refractivity contribution in [3.63, 3.8) is 0 Å². The quantitative estimate of drug-likeness (QED) is 0.0525. The number of ether oxygens (including phenoxy) is 2. The summed E-state index contributed by atoms with van der Waals surface area (Å²) in [6.07, 6.45) is 10.7. The first-order valence-electron chi connectivity index (χ1n) is 23.6. The van der Waals surface area contributed by atoms with Crippen LogP contribution in [0.15, 0.2) is 109 Å². The van der Waals surface area contributed by atoms with Gasteiger partial charge in [-0.3, -0.25) is 0 Å². The minimum Gasteiger partial charge on any atom is -0.504 e. The van der Waals surface area contributed by atoms with E-state index < -0.39 is 20.0 Å². The normalized spacial score (nSPS) is 16.5. The molecule has 2 unspecified atom stereocenters. The van der Waals surface area contributed by atoms with Gasteiger partial charge in [-0.15, -0.1) is 0 Å². The maximum Gasteiger partial charge on any atom is 0.223 e. The molecule has 2 saturated heterocycles. The second kappa shape index (κ2) is 23.1. The van der Waals surface area contributed by atoms with Crippen molar-refractivity contribution in [3.05, 3.63) is 132 Å². The highest BCUT2D eigenvalue weighted by Crippen LogP contribution is 2.34. The van der Waals surface area contributed by atoms with E-state index >= 15 is 0 Å². The fraction of sp³-hybridized carbons (Fsp3) is 0.373. The second-order valence-corrected chi connectivity index (χ2v) is 21.7. The van der Waals surface area contributed by atoms with E-state index in [-0.39, 0.29) is 24.4 Å². The maximum atomic E-state index is 13.1. The van der Waals surface area contributed by atoms with Crippen molar-refractivity contribution < 1.29 is 31.4 Å². The van der Waals surface area contributed by atoms with Gasteiger partial charge in [0.2, 0.25) is 31.9 Å². The summed E-state index contributed by atoms with van der Waals surface area (Å²) in [4.78, 5) is 18.8. The van der Waals surface area contributed by atoms with Crippen LogP contribution in [0.4, 0.5) is 11.9 Å². The first kappa shape index (κ1) is 50.2. The number of nitrogens with one attached hydrogen (secondary N) is 4. The highest BCUT2D eigenvalue weighted by Gasteiger charge is 2.30. The molecule has 0 saturated carbocycles. The third-order valence-corrected chi connectivity index (χ3v) is 15.1. The average Bonchev–Trinajstić information content (AvgIpc) is 3.36. The van der Waals surface area contributed by atoms with Crippen LogP contribution in [0.3, 0.4) is 0 Å². The second-order valence-electron chi connectivity index (χ2n) is 17.8. The molecule has 2 fully saturated rings. The predicted molar refractivity (Wildman–Crippen MR) is 273 cm³/mol. The summed E-state index contributed by atoms with van der Waals surface area (Å²) >= 11 is 0. The zero-order valence-corrected chi connectivity index (χ0v) is 41.5. The Kier molecular flexibility index (Phi) is 16.6. The van der Waals surface area contributed by atoms with Crippen LogP contribution in [-0.4, -0.2) is 121 Å². The third kappa shape index (κ3) is 13.6. The fourth-order valence-electron chi connectivity index (χ4n) is 8.91. The number of hydrogen-bond donors (Lipinski definition) is 5. The van der Waals surface area contributed by atoms with E-state index in [0.29, 0.717) is 80.4 Å². The molecular formula is C51H62N10O7S2. The summed E-state index contributed by atoms with van der Waals surface area (Å²) in [7, 11) is -5.40. The Bertz CT molecular complexity index is 2930. The van der Waals surface area contributed by atoms with Crippen molar-refractivity contribution >= 4 is 31.9 Å². The van der Waals surface area contributed by atoms with Crippen LogP contribution >= 0.6 is 0 Å². The molecule has 0 spiro atoms. The van der Waals surface area contributed by atoms with Crippen molar-refractivity contribution in [3.8, 4) is 45.5 Å². The third-order valence-electron chi connectivity index (χ3n) is 12.5. The molecule has 2 atom stereocenters. The van der Waals surface area contributed by atoms with Gasteiger partial charge in [0.05, 0.1) is 31.5 Å². The van der Waals surface area contributed by atoms with E-state index in [1.54, 1.807) is 33.1 Å². The summed E-state index contributed by atoms with van der Waals surface area (Å²) in [6, 6.07) is 30.2. The predicted octanol–water partition coefficient (Wildman–Crippen LogP) is 6.44. The molecule has 8 rings (SSSR count). The first-order valence-corrected chi connectivity index (χ1v) is 27.3. The lowest BCUT2D eigenvalue weighted by Crippen LogP contribution is -2.47. The molecule has 17 nitrogen and oxygen atoms in total. The molecule has 2 aliphatic heterocycles. The first-order chi connectivity index (χ1) is 33.8. The van der Waals surface area contributed by atoms with E-state index in [9.17, 15) is 21.9 Å². The number of anilines is 2. The summed E-state index contributed by atoms with van der Waals surface area (Å²) in [5.74, 6) is 2.36. The zero-order chi connectivity index (χ0) is 49.1. The molecule has 370 valence electrons. The number of aromatic hydroxyl groups is 1. The minimum atomic E-state index is -3.50. The summed E-state index contributed by atoms with van der Waals surface area (Å²) in [5, 5.41) is 23.4. The van der Waals surface area contributed by atoms with E-state index in [0.717, 1.165) is 77.8 Å². The minimum absolute atomic E-state index is 0.0743. The lowest BCUT2D eigenvalue weighted by Gasteiger charge is -2.33. The molecule has 6 aromatic rings. The van der Waals surface area contributed by atoms with Crippen LogP contribution < -0.4 is 30.7 Å². The monoisotopic (exact) mass is 990 g/mol. The Labute approximate surface area is 411 Å².